The Hall–Kier alpha value is -0.585. The molecule has 2 rings (SSSR count). The van der Waals surface area contributed by atoms with Crippen molar-refractivity contribution in [3.8, 4) is 5.75 Å². The summed E-state index contributed by atoms with van der Waals surface area (Å²) in [5.41, 5.74) is -0.675. The molecule has 0 aliphatic carbocycles. The zero-order chi connectivity index (χ0) is 15.1. The average Bonchev–Trinajstić information content (AvgIpc) is 2.52. The maximum Gasteiger partial charge on any atom is 0.499 e. The van der Waals surface area contributed by atoms with Gasteiger partial charge in [-0.3, -0.25) is 0 Å². The lowest BCUT2D eigenvalue weighted by molar-refractivity contribution is 0.00578. The Kier molecular flexibility index (Phi) is 4.20. The van der Waals surface area contributed by atoms with Crippen LogP contribution < -0.4 is 10.2 Å². The fourth-order valence-corrected chi connectivity index (χ4v) is 2.49. The Bertz CT molecular complexity index is 503. The maximum atomic E-state index is 14.6. The van der Waals surface area contributed by atoms with Gasteiger partial charge in [-0.2, -0.15) is 0 Å². The molecule has 0 aromatic heterocycles. The number of hydrogen-bond acceptors (Lipinski definition) is 3. The standard InChI is InChI=1S/C14H19BBrFO3/c1-6-18-10-8-7-9(16)11(12(10)17)15-19-13(2,3)14(4,5)20-15/h7-8H,6H2,1-5H3. The van der Waals surface area contributed by atoms with Crippen LogP contribution >= 0.6 is 15.9 Å². The van der Waals surface area contributed by atoms with Crippen LogP contribution in [0.15, 0.2) is 16.6 Å². The second-order valence-corrected chi connectivity index (χ2v) is 6.65. The van der Waals surface area contributed by atoms with E-state index in [2.05, 4.69) is 15.9 Å². The molecule has 0 spiro atoms. The molecule has 0 radical (unpaired) electrons. The summed E-state index contributed by atoms with van der Waals surface area (Å²) in [6, 6.07) is 3.34. The van der Waals surface area contributed by atoms with E-state index in [1.54, 1.807) is 12.1 Å². The second-order valence-electron chi connectivity index (χ2n) is 5.79. The minimum Gasteiger partial charge on any atom is -0.491 e. The third kappa shape index (κ3) is 2.61. The van der Waals surface area contributed by atoms with Crippen molar-refractivity contribution in [3.63, 3.8) is 0 Å². The molecule has 1 aliphatic rings. The van der Waals surface area contributed by atoms with Gasteiger partial charge in [-0.15, -0.1) is 0 Å². The topological polar surface area (TPSA) is 27.7 Å². The highest BCUT2D eigenvalue weighted by molar-refractivity contribution is 9.10. The largest absolute Gasteiger partial charge is 0.499 e. The molecule has 1 heterocycles. The molecular weight excluding hydrogens is 326 g/mol. The van der Waals surface area contributed by atoms with E-state index in [0.29, 0.717) is 16.5 Å². The van der Waals surface area contributed by atoms with Crippen molar-refractivity contribution in [2.24, 2.45) is 0 Å². The van der Waals surface area contributed by atoms with Gasteiger partial charge in [-0.1, -0.05) is 15.9 Å². The van der Waals surface area contributed by atoms with Gasteiger partial charge in [0.25, 0.3) is 0 Å². The fraction of sp³-hybridized carbons (Fsp3) is 0.571. The van der Waals surface area contributed by atoms with E-state index < -0.39 is 24.1 Å². The van der Waals surface area contributed by atoms with Crippen molar-refractivity contribution in [2.75, 3.05) is 6.61 Å². The van der Waals surface area contributed by atoms with Gasteiger partial charge in [0.05, 0.1) is 17.8 Å². The first kappa shape index (κ1) is 15.8. The summed E-state index contributed by atoms with van der Waals surface area (Å²) in [6.45, 7) is 9.96. The van der Waals surface area contributed by atoms with Crippen molar-refractivity contribution in [3.05, 3.63) is 22.4 Å². The van der Waals surface area contributed by atoms with E-state index in [1.165, 1.54) is 0 Å². The van der Waals surface area contributed by atoms with E-state index in [4.69, 9.17) is 14.0 Å². The Morgan fingerprint density at radius 3 is 2.25 bits per heavy atom. The monoisotopic (exact) mass is 344 g/mol. The molecule has 0 unspecified atom stereocenters. The number of halogens is 2. The summed E-state index contributed by atoms with van der Waals surface area (Å²) >= 11 is 3.36. The van der Waals surface area contributed by atoms with E-state index in [0.717, 1.165) is 0 Å². The number of ether oxygens (including phenoxy) is 1. The Morgan fingerprint density at radius 2 is 1.75 bits per heavy atom. The van der Waals surface area contributed by atoms with Crippen LogP contribution in [0.25, 0.3) is 0 Å². The summed E-state index contributed by atoms with van der Waals surface area (Å²) in [5.74, 6) is -0.236. The Morgan fingerprint density at radius 1 is 1.20 bits per heavy atom. The van der Waals surface area contributed by atoms with E-state index >= 15 is 0 Å². The third-order valence-corrected chi connectivity index (χ3v) is 4.57. The first-order valence-electron chi connectivity index (χ1n) is 6.66. The average molecular weight is 345 g/mol. The fourth-order valence-electron chi connectivity index (χ4n) is 1.99. The molecule has 1 aromatic carbocycles. The van der Waals surface area contributed by atoms with Crippen molar-refractivity contribution in [1.82, 2.24) is 0 Å². The SMILES string of the molecule is CCOc1ccc(Br)c(B2OC(C)(C)C(C)(C)O2)c1F. The van der Waals surface area contributed by atoms with Gasteiger partial charge in [-0.25, -0.2) is 4.39 Å². The summed E-state index contributed by atoms with van der Waals surface area (Å²) in [6.07, 6.45) is 0. The highest BCUT2D eigenvalue weighted by atomic mass is 79.9. The molecule has 0 atom stereocenters. The highest BCUT2D eigenvalue weighted by Gasteiger charge is 2.53. The molecule has 0 N–H and O–H groups in total. The normalized spacial score (nSPS) is 20.2. The summed E-state index contributed by atoms with van der Waals surface area (Å²) in [7, 11) is -0.755. The van der Waals surface area contributed by atoms with E-state index in [9.17, 15) is 4.39 Å². The van der Waals surface area contributed by atoms with E-state index in [1.807, 2.05) is 34.6 Å². The molecule has 1 aliphatic heterocycles. The van der Waals surface area contributed by atoms with Crippen molar-refractivity contribution in [2.45, 2.75) is 45.8 Å². The first-order valence-corrected chi connectivity index (χ1v) is 7.45. The summed E-state index contributed by atoms with van der Waals surface area (Å²) < 4.78 is 32.3. The molecule has 6 heteroatoms. The van der Waals surface area contributed by atoms with Crippen LogP contribution in [0.5, 0.6) is 5.75 Å². The quantitative estimate of drug-likeness (QED) is 0.787. The minimum absolute atomic E-state index is 0.209. The van der Waals surface area contributed by atoms with Gasteiger partial charge in [0.15, 0.2) is 11.6 Å². The van der Waals surface area contributed by atoms with Crippen LogP contribution in [-0.2, 0) is 9.31 Å². The zero-order valence-electron chi connectivity index (χ0n) is 12.4. The van der Waals surface area contributed by atoms with Crippen LogP contribution in [0.1, 0.15) is 34.6 Å². The van der Waals surface area contributed by atoms with Crippen molar-refractivity contribution >= 4 is 28.5 Å². The lowest BCUT2D eigenvalue weighted by Crippen LogP contribution is -2.41. The molecule has 110 valence electrons. The molecule has 3 nitrogen and oxygen atoms in total. The molecule has 1 aromatic rings. The third-order valence-electron chi connectivity index (χ3n) is 3.88. The van der Waals surface area contributed by atoms with Crippen LogP contribution in [0.2, 0.25) is 0 Å². The predicted octanol–water partition coefficient (Wildman–Crippen LogP) is 3.29. The molecule has 1 saturated heterocycles. The second kappa shape index (κ2) is 5.32. The van der Waals surface area contributed by atoms with Crippen molar-refractivity contribution in [1.29, 1.82) is 0 Å². The van der Waals surface area contributed by atoms with Gasteiger partial charge in [0.2, 0.25) is 0 Å². The maximum absolute atomic E-state index is 14.6. The van der Waals surface area contributed by atoms with E-state index in [-0.39, 0.29) is 5.75 Å². The van der Waals surface area contributed by atoms with Gasteiger partial charge in [0, 0.05) is 9.94 Å². The van der Waals surface area contributed by atoms with Crippen LogP contribution in [-0.4, -0.2) is 24.9 Å². The van der Waals surface area contributed by atoms with Gasteiger partial charge >= 0.3 is 7.12 Å². The lowest BCUT2D eigenvalue weighted by Gasteiger charge is -2.32. The first-order chi connectivity index (χ1) is 9.19. The highest BCUT2D eigenvalue weighted by Crippen LogP contribution is 2.37. The van der Waals surface area contributed by atoms with Gasteiger partial charge < -0.3 is 14.0 Å². The number of benzene rings is 1. The smallest absolute Gasteiger partial charge is 0.491 e. The van der Waals surface area contributed by atoms with Gasteiger partial charge in [0.1, 0.15) is 0 Å². The lowest BCUT2D eigenvalue weighted by atomic mass is 9.78. The Balaban J connectivity index is 2.42. The predicted molar refractivity (Wildman–Crippen MR) is 81.0 cm³/mol. The van der Waals surface area contributed by atoms with Gasteiger partial charge in [-0.05, 0) is 46.8 Å². The molecule has 1 fully saturated rings. The van der Waals surface area contributed by atoms with Crippen LogP contribution in [0.4, 0.5) is 4.39 Å². The molecular formula is C14H19BBrFO3. The Labute approximate surface area is 128 Å². The van der Waals surface area contributed by atoms with Crippen LogP contribution in [0, 0.1) is 5.82 Å². The zero-order valence-corrected chi connectivity index (χ0v) is 14.0. The molecule has 20 heavy (non-hydrogen) atoms. The molecule has 0 amide bonds. The minimum atomic E-state index is -0.755. The summed E-state index contributed by atoms with van der Waals surface area (Å²) in [4.78, 5) is 0. The van der Waals surface area contributed by atoms with Crippen LogP contribution in [0.3, 0.4) is 0 Å². The number of hydrogen-bond donors (Lipinski definition) is 0. The summed E-state index contributed by atoms with van der Waals surface area (Å²) in [5, 5.41) is 0. The number of rotatable bonds is 3. The molecule has 0 bridgehead atoms. The van der Waals surface area contributed by atoms with Crippen molar-refractivity contribution < 1.29 is 18.4 Å². The molecule has 0 saturated carbocycles.